The fraction of sp³-hybridized carbons (Fsp3) is 0.571. The number of nitrogens with zero attached hydrogens (tertiary/aromatic N) is 3. The van der Waals surface area contributed by atoms with Crippen molar-refractivity contribution in [3.63, 3.8) is 0 Å². The standard InChI is InChI=1S/C21H27N3O4/c1-26-18-4-2-3-15(13-18)5-6-19(25)24-10-7-17(14-24)21-22-20(23-28-21)16-8-11-27-12-9-16/h2-4,13,16-17H,5-12,14H2,1H3. The van der Waals surface area contributed by atoms with Crippen LogP contribution in [0.5, 0.6) is 5.75 Å². The first kappa shape index (κ1) is 18.9. The lowest BCUT2D eigenvalue weighted by Gasteiger charge is -2.18. The number of hydrogen-bond donors (Lipinski definition) is 0. The molecule has 0 radical (unpaired) electrons. The van der Waals surface area contributed by atoms with Gasteiger partial charge in [0.1, 0.15) is 5.75 Å². The number of hydrogen-bond acceptors (Lipinski definition) is 6. The van der Waals surface area contributed by atoms with Gasteiger partial charge < -0.3 is 18.9 Å². The van der Waals surface area contributed by atoms with E-state index < -0.39 is 0 Å². The topological polar surface area (TPSA) is 77.7 Å². The Morgan fingerprint density at radius 1 is 1.25 bits per heavy atom. The van der Waals surface area contributed by atoms with Crippen LogP contribution < -0.4 is 4.74 Å². The molecule has 0 aliphatic carbocycles. The Morgan fingerprint density at radius 3 is 2.93 bits per heavy atom. The van der Waals surface area contributed by atoms with Crippen LogP contribution in [-0.4, -0.2) is 54.4 Å². The molecule has 2 fully saturated rings. The van der Waals surface area contributed by atoms with Crippen LogP contribution in [0.15, 0.2) is 28.8 Å². The van der Waals surface area contributed by atoms with Crippen LogP contribution in [0.3, 0.4) is 0 Å². The second-order valence-electron chi connectivity index (χ2n) is 7.55. The number of carbonyl (C=O) groups excluding carboxylic acids is 1. The second kappa shape index (κ2) is 8.73. The smallest absolute Gasteiger partial charge is 0.231 e. The van der Waals surface area contributed by atoms with E-state index >= 15 is 0 Å². The summed E-state index contributed by atoms with van der Waals surface area (Å²) in [6.45, 7) is 2.92. The highest BCUT2D eigenvalue weighted by molar-refractivity contribution is 5.76. The molecule has 2 aliphatic rings. The summed E-state index contributed by atoms with van der Waals surface area (Å²) in [5.41, 5.74) is 1.11. The number of amides is 1. The third-order valence-electron chi connectivity index (χ3n) is 5.70. The largest absolute Gasteiger partial charge is 0.497 e. The van der Waals surface area contributed by atoms with Gasteiger partial charge in [0.15, 0.2) is 5.82 Å². The summed E-state index contributed by atoms with van der Waals surface area (Å²) in [4.78, 5) is 19.2. The number of carbonyl (C=O) groups is 1. The fourth-order valence-electron chi connectivity index (χ4n) is 3.96. The van der Waals surface area contributed by atoms with E-state index in [9.17, 15) is 4.79 Å². The van der Waals surface area contributed by atoms with Gasteiger partial charge >= 0.3 is 0 Å². The van der Waals surface area contributed by atoms with E-state index in [4.69, 9.17) is 14.0 Å². The number of methoxy groups -OCH3 is 1. The molecular formula is C21H27N3O4. The summed E-state index contributed by atoms with van der Waals surface area (Å²) in [6, 6.07) is 7.88. The molecule has 1 aromatic heterocycles. The van der Waals surface area contributed by atoms with Crippen molar-refractivity contribution in [2.75, 3.05) is 33.4 Å². The van der Waals surface area contributed by atoms with Crippen LogP contribution in [0.4, 0.5) is 0 Å². The number of aromatic nitrogens is 2. The first-order chi connectivity index (χ1) is 13.7. The predicted molar refractivity (Wildman–Crippen MR) is 102 cm³/mol. The van der Waals surface area contributed by atoms with Crippen molar-refractivity contribution in [1.29, 1.82) is 0 Å². The van der Waals surface area contributed by atoms with Gasteiger partial charge in [-0.25, -0.2) is 0 Å². The lowest BCUT2D eigenvalue weighted by atomic mass is 10.00. The molecule has 150 valence electrons. The van der Waals surface area contributed by atoms with Crippen molar-refractivity contribution in [3.05, 3.63) is 41.5 Å². The Hall–Kier alpha value is -2.41. The highest BCUT2D eigenvalue weighted by Crippen LogP contribution is 2.30. The van der Waals surface area contributed by atoms with E-state index in [0.717, 1.165) is 56.2 Å². The van der Waals surface area contributed by atoms with Gasteiger partial charge in [0.05, 0.1) is 13.0 Å². The summed E-state index contributed by atoms with van der Waals surface area (Å²) < 4.78 is 16.2. The molecule has 0 saturated carbocycles. The maximum absolute atomic E-state index is 12.6. The van der Waals surface area contributed by atoms with Crippen LogP contribution in [-0.2, 0) is 16.0 Å². The summed E-state index contributed by atoms with van der Waals surface area (Å²) in [5.74, 6) is 2.93. The first-order valence-electron chi connectivity index (χ1n) is 10.0. The Balaban J connectivity index is 1.29. The van der Waals surface area contributed by atoms with E-state index in [0.29, 0.717) is 31.2 Å². The fourth-order valence-corrected chi connectivity index (χ4v) is 3.96. The van der Waals surface area contributed by atoms with E-state index in [1.54, 1.807) is 7.11 Å². The van der Waals surface area contributed by atoms with Gasteiger partial charge in [-0.2, -0.15) is 4.98 Å². The molecule has 2 aromatic rings. The highest BCUT2D eigenvalue weighted by Gasteiger charge is 2.32. The number of likely N-dealkylation sites (tertiary alicyclic amines) is 1. The van der Waals surface area contributed by atoms with Crippen molar-refractivity contribution in [2.45, 2.75) is 43.9 Å². The minimum absolute atomic E-state index is 0.141. The average molecular weight is 385 g/mol. The molecule has 4 rings (SSSR count). The Bertz CT molecular complexity index is 800. The molecule has 7 heteroatoms. The molecule has 3 heterocycles. The second-order valence-corrected chi connectivity index (χ2v) is 7.55. The summed E-state index contributed by atoms with van der Waals surface area (Å²) in [7, 11) is 1.65. The van der Waals surface area contributed by atoms with Gasteiger partial charge in [0.25, 0.3) is 0 Å². The van der Waals surface area contributed by atoms with Crippen LogP contribution in [0.1, 0.15) is 54.8 Å². The van der Waals surface area contributed by atoms with Crippen LogP contribution >= 0.6 is 0 Å². The zero-order valence-corrected chi connectivity index (χ0v) is 16.3. The molecule has 1 unspecified atom stereocenters. The van der Waals surface area contributed by atoms with E-state index in [-0.39, 0.29) is 11.8 Å². The molecule has 0 N–H and O–H groups in total. The van der Waals surface area contributed by atoms with Gasteiger partial charge in [-0.3, -0.25) is 4.79 Å². The van der Waals surface area contributed by atoms with Crippen molar-refractivity contribution in [2.24, 2.45) is 0 Å². The van der Waals surface area contributed by atoms with Crippen molar-refractivity contribution >= 4 is 5.91 Å². The molecule has 0 spiro atoms. The molecule has 2 saturated heterocycles. The van der Waals surface area contributed by atoms with E-state index in [1.807, 2.05) is 29.2 Å². The first-order valence-corrected chi connectivity index (χ1v) is 10.0. The zero-order chi connectivity index (χ0) is 19.3. The van der Waals surface area contributed by atoms with Gasteiger partial charge in [0, 0.05) is 38.6 Å². The van der Waals surface area contributed by atoms with Crippen molar-refractivity contribution < 1.29 is 18.8 Å². The van der Waals surface area contributed by atoms with Gasteiger partial charge in [0.2, 0.25) is 11.8 Å². The van der Waals surface area contributed by atoms with Gasteiger partial charge in [-0.15, -0.1) is 0 Å². The minimum atomic E-state index is 0.141. The normalized spacial score (nSPS) is 20.5. The van der Waals surface area contributed by atoms with Crippen molar-refractivity contribution in [3.8, 4) is 5.75 Å². The average Bonchev–Trinajstić information content (AvgIpc) is 3.42. The maximum atomic E-state index is 12.6. The molecular weight excluding hydrogens is 358 g/mol. The quantitative estimate of drug-likeness (QED) is 0.761. The molecule has 0 bridgehead atoms. The molecule has 28 heavy (non-hydrogen) atoms. The van der Waals surface area contributed by atoms with Crippen molar-refractivity contribution in [1.82, 2.24) is 15.0 Å². The summed E-state index contributed by atoms with van der Waals surface area (Å²) in [6.07, 6.45) is 3.97. The Morgan fingerprint density at radius 2 is 2.11 bits per heavy atom. The monoisotopic (exact) mass is 385 g/mol. The van der Waals surface area contributed by atoms with Gasteiger partial charge in [-0.05, 0) is 43.4 Å². The zero-order valence-electron chi connectivity index (χ0n) is 16.3. The molecule has 2 aliphatic heterocycles. The third kappa shape index (κ3) is 4.35. The number of ether oxygens (including phenoxy) is 2. The lowest BCUT2D eigenvalue weighted by Crippen LogP contribution is -2.28. The molecule has 7 nitrogen and oxygen atoms in total. The Labute approximate surface area is 165 Å². The molecule has 1 amide bonds. The van der Waals surface area contributed by atoms with Crippen LogP contribution in [0, 0.1) is 0 Å². The Kier molecular flexibility index (Phi) is 5.90. The molecule has 1 atom stereocenters. The van der Waals surface area contributed by atoms with E-state index in [1.165, 1.54) is 0 Å². The van der Waals surface area contributed by atoms with Crippen LogP contribution in [0.2, 0.25) is 0 Å². The lowest BCUT2D eigenvalue weighted by molar-refractivity contribution is -0.130. The number of benzene rings is 1. The third-order valence-corrected chi connectivity index (χ3v) is 5.70. The number of aryl methyl sites for hydroxylation is 1. The molecule has 1 aromatic carbocycles. The summed E-state index contributed by atoms with van der Waals surface area (Å²) in [5, 5.41) is 4.19. The van der Waals surface area contributed by atoms with E-state index in [2.05, 4.69) is 10.1 Å². The number of rotatable bonds is 6. The maximum Gasteiger partial charge on any atom is 0.231 e. The SMILES string of the molecule is COc1cccc(CCC(=O)N2CCC(c3nc(C4CCOCC4)no3)C2)c1. The highest BCUT2D eigenvalue weighted by atomic mass is 16.5. The van der Waals surface area contributed by atoms with Gasteiger partial charge in [-0.1, -0.05) is 17.3 Å². The predicted octanol–water partition coefficient (Wildman–Crippen LogP) is 2.92. The van der Waals surface area contributed by atoms with Crippen LogP contribution in [0.25, 0.3) is 0 Å². The minimum Gasteiger partial charge on any atom is -0.497 e. The summed E-state index contributed by atoms with van der Waals surface area (Å²) >= 11 is 0.